The number of fused-ring (bicyclic) bond motifs is 1. The third kappa shape index (κ3) is 3.17. The predicted molar refractivity (Wildman–Crippen MR) is 76.5 cm³/mol. The molecule has 0 atom stereocenters. The van der Waals surface area contributed by atoms with Crippen molar-refractivity contribution in [2.75, 3.05) is 20.2 Å². The van der Waals surface area contributed by atoms with Crippen molar-refractivity contribution >= 4 is 22.8 Å². The first kappa shape index (κ1) is 14.1. The Labute approximate surface area is 117 Å². The highest BCUT2D eigenvalue weighted by atomic mass is 16.5. The van der Waals surface area contributed by atoms with Gasteiger partial charge in [0.15, 0.2) is 0 Å². The van der Waals surface area contributed by atoms with E-state index in [0.717, 1.165) is 10.9 Å². The van der Waals surface area contributed by atoms with E-state index in [9.17, 15) is 9.59 Å². The summed E-state index contributed by atoms with van der Waals surface area (Å²) >= 11 is 0. The van der Waals surface area contributed by atoms with Crippen molar-refractivity contribution in [2.24, 2.45) is 0 Å². The third-order valence-electron chi connectivity index (χ3n) is 3.06. The molecule has 0 radical (unpaired) electrons. The van der Waals surface area contributed by atoms with Crippen LogP contribution in [0.5, 0.6) is 0 Å². The highest BCUT2D eigenvalue weighted by Crippen LogP contribution is 2.15. The number of H-pyrrole nitrogens is 1. The zero-order valence-electron chi connectivity index (χ0n) is 11.7. The van der Waals surface area contributed by atoms with E-state index >= 15 is 0 Å². The van der Waals surface area contributed by atoms with Gasteiger partial charge in [-0.05, 0) is 19.1 Å². The highest BCUT2D eigenvalue weighted by molar-refractivity contribution is 5.98. The first-order chi connectivity index (χ1) is 9.61. The maximum atomic E-state index is 12.2. The van der Waals surface area contributed by atoms with Crippen molar-refractivity contribution < 1.29 is 14.3 Å². The first-order valence-corrected chi connectivity index (χ1v) is 6.60. The Bertz CT molecular complexity index is 585. The van der Waals surface area contributed by atoms with E-state index in [0.29, 0.717) is 18.8 Å². The van der Waals surface area contributed by atoms with E-state index in [1.807, 2.05) is 30.3 Å². The van der Waals surface area contributed by atoms with Crippen LogP contribution in [-0.4, -0.2) is 42.0 Å². The average molecular weight is 274 g/mol. The van der Waals surface area contributed by atoms with Crippen LogP contribution in [0.15, 0.2) is 30.3 Å². The Balaban J connectivity index is 2.01. The molecule has 1 aromatic carbocycles. The second-order valence-corrected chi connectivity index (χ2v) is 4.55. The number of amides is 1. The van der Waals surface area contributed by atoms with Crippen LogP contribution >= 0.6 is 0 Å². The number of hydrogen-bond donors (Lipinski definition) is 1. The molecular formula is C15H18N2O3. The molecule has 0 aliphatic carbocycles. The quantitative estimate of drug-likeness (QED) is 0.850. The summed E-state index contributed by atoms with van der Waals surface area (Å²) in [4.78, 5) is 28.1. The van der Waals surface area contributed by atoms with Gasteiger partial charge in [-0.15, -0.1) is 0 Å². The molecule has 0 aliphatic heterocycles. The standard InChI is InChI=1S/C15H18N2O3/c1-3-20-14(18)8-9-17(2)15(19)13-10-11-6-4-5-7-12(11)16-13/h4-7,10,16H,3,8-9H2,1-2H3. The van der Waals surface area contributed by atoms with Gasteiger partial charge in [-0.1, -0.05) is 18.2 Å². The molecule has 106 valence electrons. The number of aromatic amines is 1. The number of hydrogen-bond acceptors (Lipinski definition) is 3. The first-order valence-electron chi connectivity index (χ1n) is 6.60. The summed E-state index contributed by atoms with van der Waals surface area (Å²) in [5.74, 6) is -0.422. The van der Waals surface area contributed by atoms with Gasteiger partial charge in [0, 0.05) is 24.5 Å². The largest absolute Gasteiger partial charge is 0.466 e. The number of nitrogens with one attached hydrogen (secondary N) is 1. The van der Waals surface area contributed by atoms with Gasteiger partial charge in [-0.2, -0.15) is 0 Å². The van der Waals surface area contributed by atoms with Crippen LogP contribution in [0.4, 0.5) is 0 Å². The van der Waals surface area contributed by atoms with Crippen molar-refractivity contribution in [2.45, 2.75) is 13.3 Å². The monoisotopic (exact) mass is 274 g/mol. The van der Waals surface area contributed by atoms with Crippen LogP contribution in [0.25, 0.3) is 10.9 Å². The molecule has 20 heavy (non-hydrogen) atoms. The Morgan fingerprint density at radius 3 is 2.75 bits per heavy atom. The van der Waals surface area contributed by atoms with Gasteiger partial charge in [0.25, 0.3) is 5.91 Å². The van der Waals surface area contributed by atoms with Gasteiger partial charge in [-0.25, -0.2) is 0 Å². The number of carbonyl (C=O) groups is 2. The summed E-state index contributed by atoms with van der Waals surface area (Å²) in [6, 6.07) is 9.52. The molecule has 1 N–H and O–H groups in total. The molecule has 2 rings (SSSR count). The zero-order chi connectivity index (χ0) is 14.5. The zero-order valence-corrected chi connectivity index (χ0v) is 11.7. The lowest BCUT2D eigenvalue weighted by atomic mass is 10.2. The molecule has 0 spiro atoms. The Morgan fingerprint density at radius 1 is 1.30 bits per heavy atom. The predicted octanol–water partition coefficient (Wildman–Crippen LogP) is 2.19. The number of para-hydroxylation sites is 1. The minimum absolute atomic E-state index is 0.134. The fraction of sp³-hybridized carbons (Fsp3) is 0.333. The summed E-state index contributed by atoms with van der Waals surface area (Å²) in [6.45, 7) is 2.46. The molecule has 0 fully saturated rings. The normalized spacial score (nSPS) is 10.5. The average Bonchev–Trinajstić information content (AvgIpc) is 2.88. The van der Waals surface area contributed by atoms with Crippen molar-refractivity contribution in [3.8, 4) is 0 Å². The fourth-order valence-corrected chi connectivity index (χ4v) is 1.99. The van der Waals surface area contributed by atoms with Gasteiger partial charge in [0.2, 0.25) is 0 Å². The van der Waals surface area contributed by atoms with E-state index in [1.165, 1.54) is 4.90 Å². The second-order valence-electron chi connectivity index (χ2n) is 4.55. The molecule has 0 saturated carbocycles. The van der Waals surface area contributed by atoms with Gasteiger partial charge >= 0.3 is 5.97 Å². The molecule has 1 heterocycles. The van der Waals surface area contributed by atoms with E-state index in [4.69, 9.17) is 4.74 Å². The van der Waals surface area contributed by atoms with Crippen molar-refractivity contribution in [1.29, 1.82) is 0 Å². The van der Waals surface area contributed by atoms with E-state index < -0.39 is 0 Å². The van der Waals surface area contributed by atoms with Crippen LogP contribution < -0.4 is 0 Å². The Morgan fingerprint density at radius 2 is 2.05 bits per heavy atom. The summed E-state index contributed by atoms with van der Waals surface area (Å²) in [5, 5.41) is 0.995. The van der Waals surface area contributed by atoms with Crippen molar-refractivity contribution in [3.05, 3.63) is 36.0 Å². The minimum atomic E-state index is -0.288. The summed E-state index contributed by atoms with van der Waals surface area (Å²) in [6.07, 6.45) is 0.205. The van der Waals surface area contributed by atoms with Crippen LogP contribution in [0.3, 0.4) is 0 Å². The van der Waals surface area contributed by atoms with E-state index in [1.54, 1.807) is 14.0 Å². The summed E-state index contributed by atoms with van der Waals surface area (Å²) in [7, 11) is 1.67. The lowest BCUT2D eigenvalue weighted by Gasteiger charge is -2.15. The molecule has 0 saturated heterocycles. The van der Waals surface area contributed by atoms with Gasteiger partial charge in [0.05, 0.1) is 13.0 Å². The minimum Gasteiger partial charge on any atom is -0.466 e. The molecule has 5 heteroatoms. The topological polar surface area (TPSA) is 62.4 Å². The Kier molecular flexibility index (Phi) is 4.40. The molecule has 2 aromatic rings. The Hall–Kier alpha value is -2.30. The van der Waals surface area contributed by atoms with Crippen LogP contribution in [0, 0.1) is 0 Å². The molecule has 0 bridgehead atoms. The number of carbonyl (C=O) groups excluding carboxylic acids is 2. The van der Waals surface area contributed by atoms with Gasteiger partial charge < -0.3 is 14.6 Å². The lowest BCUT2D eigenvalue weighted by Crippen LogP contribution is -2.29. The van der Waals surface area contributed by atoms with Crippen LogP contribution in [-0.2, 0) is 9.53 Å². The molecule has 0 unspecified atom stereocenters. The molecule has 0 aliphatic rings. The number of nitrogens with zero attached hydrogens (tertiary/aromatic N) is 1. The SMILES string of the molecule is CCOC(=O)CCN(C)C(=O)c1cc2ccccc2[nH]1. The van der Waals surface area contributed by atoms with E-state index in [-0.39, 0.29) is 18.3 Å². The van der Waals surface area contributed by atoms with Crippen LogP contribution in [0.1, 0.15) is 23.8 Å². The van der Waals surface area contributed by atoms with Crippen molar-refractivity contribution in [3.63, 3.8) is 0 Å². The fourth-order valence-electron chi connectivity index (χ4n) is 1.99. The highest BCUT2D eigenvalue weighted by Gasteiger charge is 2.15. The number of ether oxygens (including phenoxy) is 1. The molecule has 5 nitrogen and oxygen atoms in total. The number of esters is 1. The number of benzene rings is 1. The molecular weight excluding hydrogens is 256 g/mol. The summed E-state index contributed by atoms with van der Waals surface area (Å²) < 4.78 is 4.84. The molecule has 1 aromatic heterocycles. The molecule has 1 amide bonds. The number of aromatic nitrogens is 1. The van der Waals surface area contributed by atoms with Gasteiger partial charge in [0.1, 0.15) is 5.69 Å². The second kappa shape index (κ2) is 6.23. The smallest absolute Gasteiger partial charge is 0.307 e. The van der Waals surface area contributed by atoms with Crippen LogP contribution in [0.2, 0.25) is 0 Å². The van der Waals surface area contributed by atoms with E-state index in [2.05, 4.69) is 4.98 Å². The van der Waals surface area contributed by atoms with Gasteiger partial charge in [-0.3, -0.25) is 9.59 Å². The third-order valence-corrected chi connectivity index (χ3v) is 3.06. The van der Waals surface area contributed by atoms with Crippen molar-refractivity contribution in [1.82, 2.24) is 9.88 Å². The maximum absolute atomic E-state index is 12.2. The lowest BCUT2D eigenvalue weighted by molar-refractivity contribution is -0.143. The maximum Gasteiger partial charge on any atom is 0.307 e. The summed E-state index contributed by atoms with van der Waals surface area (Å²) in [5.41, 5.74) is 1.45. The number of rotatable bonds is 5.